The molecule has 21 heavy (non-hydrogen) atoms. The number of nitrogens with zero attached hydrogens (tertiary/aromatic N) is 2. The second-order valence-electron chi connectivity index (χ2n) is 5.81. The van der Waals surface area contributed by atoms with Crippen LogP contribution in [0.1, 0.15) is 37.4 Å². The molecular formula is C17H23N3O. The van der Waals surface area contributed by atoms with E-state index < -0.39 is 0 Å². The van der Waals surface area contributed by atoms with Crippen molar-refractivity contribution >= 4 is 0 Å². The smallest absolute Gasteiger partial charge is 0.119 e. The van der Waals surface area contributed by atoms with Gasteiger partial charge in [-0.3, -0.25) is 4.68 Å². The highest BCUT2D eigenvalue weighted by Gasteiger charge is 2.18. The predicted molar refractivity (Wildman–Crippen MR) is 83.3 cm³/mol. The Hall–Kier alpha value is -1.81. The van der Waals surface area contributed by atoms with Crippen molar-refractivity contribution in [3.05, 3.63) is 48.3 Å². The summed E-state index contributed by atoms with van der Waals surface area (Å²) in [6.07, 6.45) is 8.01. The first-order valence-electron chi connectivity index (χ1n) is 7.79. The molecule has 1 fully saturated rings. The third-order valence-corrected chi connectivity index (χ3v) is 4.04. The Kier molecular flexibility index (Phi) is 4.55. The van der Waals surface area contributed by atoms with Crippen molar-refractivity contribution in [3.8, 4) is 5.75 Å². The van der Waals surface area contributed by atoms with Crippen LogP contribution in [0.5, 0.6) is 5.75 Å². The minimum Gasteiger partial charge on any atom is -0.492 e. The van der Waals surface area contributed by atoms with Crippen molar-refractivity contribution in [3.63, 3.8) is 0 Å². The van der Waals surface area contributed by atoms with E-state index in [1.54, 1.807) is 0 Å². The minimum absolute atomic E-state index is 0.0304. The van der Waals surface area contributed by atoms with Gasteiger partial charge in [0.1, 0.15) is 12.4 Å². The Morgan fingerprint density at radius 1 is 1.19 bits per heavy atom. The SMILES string of the molecule is NC(COc1ccccc1)Cc1ccn(C2CCCC2)n1. The van der Waals surface area contributed by atoms with E-state index in [4.69, 9.17) is 10.5 Å². The summed E-state index contributed by atoms with van der Waals surface area (Å²) in [5.41, 5.74) is 7.20. The summed E-state index contributed by atoms with van der Waals surface area (Å²) in [5, 5.41) is 4.67. The lowest BCUT2D eigenvalue weighted by Crippen LogP contribution is -2.30. The highest BCUT2D eigenvalue weighted by molar-refractivity contribution is 5.21. The van der Waals surface area contributed by atoms with Crippen LogP contribution in [0.4, 0.5) is 0 Å². The molecule has 1 aromatic carbocycles. The van der Waals surface area contributed by atoms with Gasteiger partial charge in [0.25, 0.3) is 0 Å². The lowest BCUT2D eigenvalue weighted by Gasteiger charge is -2.12. The van der Waals surface area contributed by atoms with Gasteiger partial charge in [0.05, 0.1) is 11.7 Å². The van der Waals surface area contributed by atoms with E-state index in [-0.39, 0.29) is 6.04 Å². The van der Waals surface area contributed by atoms with Gasteiger partial charge in [0, 0.05) is 18.7 Å². The Balaban J connectivity index is 1.49. The van der Waals surface area contributed by atoms with Gasteiger partial charge >= 0.3 is 0 Å². The zero-order valence-electron chi connectivity index (χ0n) is 12.3. The molecule has 1 aromatic heterocycles. The molecular weight excluding hydrogens is 262 g/mol. The average Bonchev–Trinajstić information content (AvgIpc) is 3.17. The quantitative estimate of drug-likeness (QED) is 0.887. The number of benzene rings is 1. The molecule has 1 unspecified atom stereocenters. The largest absolute Gasteiger partial charge is 0.492 e. The first-order chi connectivity index (χ1) is 10.3. The van der Waals surface area contributed by atoms with Crippen LogP contribution < -0.4 is 10.5 Å². The first-order valence-corrected chi connectivity index (χ1v) is 7.79. The molecule has 0 amide bonds. The fourth-order valence-electron chi connectivity index (χ4n) is 2.91. The molecule has 3 rings (SSSR count). The molecule has 0 bridgehead atoms. The third kappa shape index (κ3) is 3.85. The molecule has 1 aliphatic rings. The summed E-state index contributed by atoms with van der Waals surface area (Å²) in [7, 11) is 0. The van der Waals surface area contributed by atoms with E-state index in [9.17, 15) is 0 Å². The number of nitrogens with two attached hydrogens (primary N) is 1. The fourth-order valence-corrected chi connectivity index (χ4v) is 2.91. The van der Waals surface area contributed by atoms with E-state index in [1.807, 2.05) is 30.3 Å². The summed E-state index contributed by atoms with van der Waals surface area (Å²) >= 11 is 0. The Bertz CT molecular complexity index is 546. The van der Waals surface area contributed by atoms with Gasteiger partial charge in [-0.05, 0) is 31.0 Å². The molecule has 2 aromatic rings. The molecule has 2 N–H and O–H groups in total. The van der Waals surface area contributed by atoms with Gasteiger partial charge in [-0.2, -0.15) is 5.10 Å². The van der Waals surface area contributed by atoms with Gasteiger partial charge in [-0.15, -0.1) is 0 Å². The van der Waals surface area contributed by atoms with Crippen molar-refractivity contribution in [2.24, 2.45) is 5.73 Å². The molecule has 0 spiro atoms. The van der Waals surface area contributed by atoms with Gasteiger partial charge < -0.3 is 10.5 Å². The number of rotatable bonds is 6. The van der Waals surface area contributed by atoms with Crippen molar-refractivity contribution in [1.82, 2.24) is 9.78 Å². The van der Waals surface area contributed by atoms with Crippen molar-refractivity contribution in [2.45, 2.75) is 44.2 Å². The van der Waals surface area contributed by atoms with E-state index in [2.05, 4.69) is 22.0 Å². The second-order valence-corrected chi connectivity index (χ2v) is 5.81. The van der Waals surface area contributed by atoms with Crippen LogP contribution in [0.25, 0.3) is 0 Å². The first kappa shape index (κ1) is 14.1. The highest BCUT2D eigenvalue weighted by atomic mass is 16.5. The molecule has 0 aliphatic heterocycles. The van der Waals surface area contributed by atoms with Crippen LogP contribution in [0, 0.1) is 0 Å². The predicted octanol–water partition coefficient (Wildman–Crippen LogP) is 2.95. The van der Waals surface area contributed by atoms with Gasteiger partial charge in [0.2, 0.25) is 0 Å². The molecule has 0 saturated heterocycles. The Morgan fingerprint density at radius 3 is 2.71 bits per heavy atom. The molecule has 1 aliphatic carbocycles. The average molecular weight is 285 g/mol. The lowest BCUT2D eigenvalue weighted by molar-refractivity contribution is 0.286. The summed E-state index contributed by atoms with van der Waals surface area (Å²) in [6.45, 7) is 0.514. The molecule has 1 atom stereocenters. The summed E-state index contributed by atoms with van der Waals surface area (Å²) in [5.74, 6) is 0.865. The fraction of sp³-hybridized carbons (Fsp3) is 0.471. The van der Waals surface area contributed by atoms with Crippen LogP contribution in [0.15, 0.2) is 42.6 Å². The number of hydrogen-bond donors (Lipinski definition) is 1. The highest BCUT2D eigenvalue weighted by Crippen LogP contribution is 2.28. The maximum atomic E-state index is 6.14. The standard InChI is InChI=1S/C17H23N3O/c18-14(13-21-17-8-2-1-3-9-17)12-15-10-11-20(19-15)16-6-4-5-7-16/h1-3,8-11,14,16H,4-7,12-13,18H2. The number of ether oxygens (including phenoxy) is 1. The molecule has 1 saturated carbocycles. The Morgan fingerprint density at radius 2 is 1.95 bits per heavy atom. The maximum Gasteiger partial charge on any atom is 0.119 e. The van der Waals surface area contributed by atoms with Crippen LogP contribution in [-0.2, 0) is 6.42 Å². The van der Waals surface area contributed by atoms with E-state index in [0.29, 0.717) is 12.6 Å². The van der Waals surface area contributed by atoms with Crippen molar-refractivity contribution < 1.29 is 4.74 Å². The van der Waals surface area contributed by atoms with E-state index in [0.717, 1.165) is 17.9 Å². The second kappa shape index (κ2) is 6.76. The minimum atomic E-state index is -0.0304. The molecule has 0 radical (unpaired) electrons. The zero-order valence-corrected chi connectivity index (χ0v) is 12.3. The van der Waals surface area contributed by atoms with Gasteiger partial charge in [0.15, 0.2) is 0 Å². The van der Waals surface area contributed by atoms with Crippen molar-refractivity contribution in [1.29, 1.82) is 0 Å². The zero-order chi connectivity index (χ0) is 14.5. The number of aromatic nitrogens is 2. The van der Waals surface area contributed by atoms with Crippen LogP contribution in [0.2, 0.25) is 0 Å². The summed E-state index contributed by atoms with van der Waals surface area (Å²) in [4.78, 5) is 0. The number of para-hydroxylation sites is 1. The number of hydrogen-bond acceptors (Lipinski definition) is 3. The lowest BCUT2D eigenvalue weighted by atomic mass is 10.2. The van der Waals surface area contributed by atoms with Gasteiger partial charge in [-0.25, -0.2) is 0 Å². The molecule has 1 heterocycles. The molecule has 4 nitrogen and oxygen atoms in total. The normalized spacial score (nSPS) is 17.0. The molecule has 112 valence electrons. The monoisotopic (exact) mass is 285 g/mol. The summed E-state index contributed by atoms with van der Waals surface area (Å²) < 4.78 is 7.81. The molecule has 4 heteroatoms. The van der Waals surface area contributed by atoms with E-state index in [1.165, 1.54) is 25.7 Å². The topological polar surface area (TPSA) is 53.1 Å². The summed E-state index contributed by atoms with van der Waals surface area (Å²) in [6, 6.07) is 12.4. The van der Waals surface area contributed by atoms with Crippen LogP contribution in [0.3, 0.4) is 0 Å². The van der Waals surface area contributed by atoms with Crippen LogP contribution >= 0.6 is 0 Å². The van der Waals surface area contributed by atoms with Gasteiger partial charge in [-0.1, -0.05) is 31.0 Å². The van der Waals surface area contributed by atoms with Crippen molar-refractivity contribution in [2.75, 3.05) is 6.61 Å². The maximum absolute atomic E-state index is 6.14. The third-order valence-electron chi connectivity index (χ3n) is 4.04. The van der Waals surface area contributed by atoms with Crippen LogP contribution in [-0.4, -0.2) is 22.4 Å². The Labute approximate surface area is 125 Å². The van der Waals surface area contributed by atoms with E-state index >= 15 is 0 Å².